The van der Waals surface area contributed by atoms with E-state index >= 15 is 0 Å². The second kappa shape index (κ2) is 5.25. The number of nitrogens with zero attached hydrogens (tertiary/aromatic N) is 2. The second-order valence-electron chi connectivity index (χ2n) is 4.91. The molecule has 2 rings (SSSR count). The highest BCUT2D eigenvalue weighted by molar-refractivity contribution is 4.87. The van der Waals surface area contributed by atoms with Crippen molar-refractivity contribution in [3.05, 3.63) is 0 Å². The van der Waals surface area contributed by atoms with Crippen molar-refractivity contribution in [1.29, 1.82) is 0 Å². The molecule has 2 fully saturated rings. The third-order valence-electron chi connectivity index (χ3n) is 3.38. The highest BCUT2D eigenvalue weighted by Crippen LogP contribution is 2.20. The molecule has 0 amide bonds. The zero-order chi connectivity index (χ0) is 10.7. The molecule has 0 bridgehead atoms. The van der Waals surface area contributed by atoms with Gasteiger partial charge in [-0.25, -0.2) is 0 Å². The maximum Gasteiger partial charge on any atom is 0.0626 e. The summed E-state index contributed by atoms with van der Waals surface area (Å²) in [6, 6.07) is 0.648. The summed E-state index contributed by atoms with van der Waals surface area (Å²) in [6.07, 6.45) is 0. The van der Waals surface area contributed by atoms with Gasteiger partial charge < -0.3 is 15.0 Å². The number of ether oxygens (including phenoxy) is 1. The van der Waals surface area contributed by atoms with E-state index in [1.807, 2.05) is 0 Å². The third kappa shape index (κ3) is 2.91. The summed E-state index contributed by atoms with van der Waals surface area (Å²) < 4.78 is 5.64. The quantitative estimate of drug-likeness (QED) is 0.682. The molecule has 1 N–H and O–H groups in total. The smallest absolute Gasteiger partial charge is 0.0626 e. The molecule has 0 aromatic heterocycles. The highest BCUT2D eigenvalue weighted by atomic mass is 16.5. The van der Waals surface area contributed by atoms with E-state index in [1.54, 1.807) is 0 Å². The van der Waals surface area contributed by atoms with Gasteiger partial charge in [0, 0.05) is 44.7 Å². The van der Waals surface area contributed by atoms with Gasteiger partial charge in [-0.1, -0.05) is 0 Å². The summed E-state index contributed by atoms with van der Waals surface area (Å²) in [4.78, 5) is 4.87. The minimum Gasteiger partial charge on any atom is -0.379 e. The van der Waals surface area contributed by atoms with Crippen molar-refractivity contribution in [1.82, 2.24) is 15.1 Å². The van der Waals surface area contributed by atoms with Gasteiger partial charge >= 0.3 is 0 Å². The van der Waals surface area contributed by atoms with E-state index in [2.05, 4.69) is 29.2 Å². The van der Waals surface area contributed by atoms with Crippen LogP contribution in [-0.2, 0) is 4.74 Å². The molecule has 0 saturated carbocycles. The number of nitrogens with one attached hydrogen (secondary N) is 1. The van der Waals surface area contributed by atoms with Crippen molar-refractivity contribution in [2.24, 2.45) is 5.92 Å². The molecular formula is C11H23N3O. The second-order valence-corrected chi connectivity index (χ2v) is 4.91. The van der Waals surface area contributed by atoms with Gasteiger partial charge in [0.25, 0.3) is 0 Å². The van der Waals surface area contributed by atoms with Gasteiger partial charge in [-0.05, 0) is 14.1 Å². The number of piperazine rings is 1. The molecule has 4 nitrogen and oxygen atoms in total. The van der Waals surface area contributed by atoms with Crippen LogP contribution in [0.2, 0.25) is 0 Å². The van der Waals surface area contributed by atoms with Crippen LogP contribution in [0.15, 0.2) is 0 Å². The molecule has 88 valence electrons. The Morgan fingerprint density at radius 3 is 2.67 bits per heavy atom. The van der Waals surface area contributed by atoms with Gasteiger partial charge in [-0.15, -0.1) is 0 Å². The molecule has 0 aromatic carbocycles. The Hall–Kier alpha value is -0.160. The van der Waals surface area contributed by atoms with Crippen molar-refractivity contribution in [3.8, 4) is 0 Å². The van der Waals surface area contributed by atoms with Crippen LogP contribution in [0.4, 0.5) is 0 Å². The Balaban J connectivity index is 1.88. The zero-order valence-electron chi connectivity index (χ0n) is 9.91. The third-order valence-corrected chi connectivity index (χ3v) is 3.38. The van der Waals surface area contributed by atoms with Crippen LogP contribution in [0.1, 0.15) is 0 Å². The summed E-state index contributed by atoms with van der Waals surface area (Å²) in [5, 5.41) is 3.40. The average molecular weight is 213 g/mol. The zero-order valence-corrected chi connectivity index (χ0v) is 9.91. The molecule has 2 saturated heterocycles. The number of hydrogen-bond acceptors (Lipinski definition) is 4. The van der Waals surface area contributed by atoms with Crippen molar-refractivity contribution in [3.63, 3.8) is 0 Å². The molecule has 2 aliphatic heterocycles. The molecular weight excluding hydrogens is 190 g/mol. The van der Waals surface area contributed by atoms with Gasteiger partial charge in [0.05, 0.1) is 13.2 Å². The van der Waals surface area contributed by atoms with E-state index in [1.165, 1.54) is 13.1 Å². The Bertz CT molecular complexity index is 192. The number of hydrogen-bond donors (Lipinski definition) is 1. The lowest BCUT2D eigenvalue weighted by Gasteiger charge is -2.35. The van der Waals surface area contributed by atoms with Crippen LogP contribution in [0.25, 0.3) is 0 Å². The predicted octanol–water partition coefficient (Wildman–Crippen LogP) is -0.532. The lowest BCUT2D eigenvalue weighted by atomic mass is 10.0. The Morgan fingerprint density at radius 2 is 2.00 bits per heavy atom. The van der Waals surface area contributed by atoms with Gasteiger partial charge in [-0.3, -0.25) is 4.90 Å². The molecule has 0 radical (unpaired) electrons. The lowest BCUT2D eigenvalue weighted by Crippen LogP contribution is -2.52. The Kier molecular flexibility index (Phi) is 3.97. The summed E-state index contributed by atoms with van der Waals surface area (Å²) in [5.74, 6) is 0.693. The van der Waals surface area contributed by atoms with Crippen LogP contribution in [-0.4, -0.2) is 75.9 Å². The molecule has 2 atom stereocenters. The van der Waals surface area contributed by atoms with Crippen LogP contribution in [0, 0.1) is 5.92 Å². The summed E-state index contributed by atoms with van der Waals surface area (Å²) >= 11 is 0. The fourth-order valence-corrected chi connectivity index (χ4v) is 2.65. The first kappa shape index (κ1) is 11.3. The lowest BCUT2D eigenvalue weighted by molar-refractivity contribution is 0.124. The first-order valence-corrected chi connectivity index (χ1v) is 5.94. The predicted molar refractivity (Wildman–Crippen MR) is 61.1 cm³/mol. The maximum absolute atomic E-state index is 5.64. The monoisotopic (exact) mass is 213 g/mol. The van der Waals surface area contributed by atoms with E-state index in [4.69, 9.17) is 4.74 Å². The summed E-state index contributed by atoms with van der Waals surface area (Å²) in [6.45, 7) is 7.63. The summed E-state index contributed by atoms with van der Waals surface area (Å²) in [5.41, 5.74) is 0. The standard InChI is InChI=1S/C11H23N3O/c1-13(2)7-10-8-15-9-11(10)14-5-3-12-4-6-14/h10-12H,3-9H2,1-2H3. The first-order valence-electron chi connectivity index (χ1n) is 5.94. The van der Waals surface area contributed by atoms with Crippen molar-refractivity contribution >= 4 is 0 Å². The van der Waals surface area contributed by atoms with Gasteiger partial charge in [0.15, 0.2) is 0 Å². The highest BCUT2D eigenvalue weighted by Gasteiger charge is 2.33. The van der Waals surface area contributed by atoms with E-state index < -0.39 is 0 Å². The summed E-state index contributed by atoms with van der Waals surface area (Å²) in [7, 11) is 4.29. The van der Waals surface area contributed by atoms with Crippen LogP contribution >= 0.6 is 0 Å². The fourth-order valence-electron chi connectivity index (χ4n) is 2.65. The minimum atomic E-state index is 0.648. The molecule has 0 spiro atoms. The molecule has 2 heterocycles. The van der Waals surface area contributed by atoms with Crippen LogP contribution in [0.5, 0.6) is 0 Å². The molecule has 0 aliphatic carbocycles. The minimum absolute atomic E-state index is 0.648. The van der Waals surface area contributed by atoms with Gasteiger partial charge in [0.1, 0.15) is 0 Å². The average Bonchev–Trinajstić information content (AvgIpc) is 2.66. The normalized spacial score (nSPS) is 33.8. The Labute approximate surface area is 92.6 Å². The Morgan fingerprint density at radius 1 is 1.27 bits per heavy atom. The van der Waals surface area contributed by atoms with Crippen LogP contribution < -0.4 is 5.32 Å². The van der Waals surface area contributed by atoms with Gasteiger partial charge in [0.2, 0.25) is 0 Å². The SMILES string of the molecule is CN(C)CC1COCC1N1CCNCC1. The van der Waals surface area contributed by atoms with E-state index in [-0.39, 0.29) is 0 Å². The van der Waals surface area contributed by atoms with Crippen molar-refractivity contribution < 1.29 is 4.74 Å². The molecule has 15 heavy (non-hydrogen) atoms. The van der Waals surface area contributed by atoms with Crippen molar-refractivity contribution in [2.45, 2.75) is 6.04 Å². The number of rotatable bonds is 3. The van der Waals surface area contributed by atoms with E-state index in [0.717, 1.165) is 32.8 Å². The fraction of sp³-hybridized carbons (Fsp3) is 1.00. The topological polar surface area (TPSA) is 27.7 Å². The van der Waals surface area contributed by atoms with E-state index in [0.29, 0.717) is 12.0 Å². The van der Waals surface area contributed by atoms with E-state index in [9.17, 15) is 0 Å². The van der Waals surface area contributed by atoms with Crippen LogP contribution in [0.3, 0.4) is 0 Å². The van der Waals surface area contributed by atoms with Gasteiger partial charge in [-0.2, -0.15) is 0 Å². The molecule has 0 aromatic rings. The largest absolute Gasteiger partial charge is 0.379 e. The maximum atomic E-state index is 5.64. The molecule has 2 unspecified atom stereocenters. The van der Waals surface area contributed by atoms with Crippen molar-refractivity contribution in [2.75, 3.05) is 60.0 Å². The molecule has 2 aliphatic rings. The first-order chi connectivity index (χ1) is 7.27. The molecule has 4 heteroatoms.